The van der Waals surface area contributed by atoms with Crippen LogP contribution in [0.5, 0.6) is 0 Å². The summed E-state index contributed by atoms with van der Waals surface area (Å²) in [7, 11) is 0. The first-order chi connectivity index (χ1) is 10.6. The molecule has 1 amide bonds. The summed E-state index contributed by atoms with van der Waals surface area (Å²) in [4.78, 5) is 16.3. The van der Waals surface area contributed by atoms with Crippen LogP contribution in [0, 0.1) is 5.41 Å². The van der Waals surface area contributed by atoms with Gasteiger partial charge >= 0.3 is 6.09 Å². The van der Waals surface area contributed by atoms with Crippen LogP contribution < -0.4 is 5.32 Å². The molecule has 0 aromatic rings. The molecule has 1 heterocycles. The normalized spacial score (nSPS) is 17.4. The Hall–Kier alpha value is -0.810. The minimum Gasteiger partial charge on any atom is -0.444 e. The number of nitrogens with zero attached hydrogens (tertiary/aromatic N) is 2. The fourth-order valence-electron chi connectivity index (χ4n) is 2.50. The Morgan fingerprint density at radius 3 is 2.13 bits per heavy atom. The van der Waals surface area contributed by atoms with Gasteiger partial charge in [0.2, 0.25) is 0 Å². The van der Waals surface area contributed by atoms with Gasteiger partial charge in [-0.15, -0.1) is 0 Å². The molecule has 0 aromatic heterocycles. The Labute approximate surface area is 142 Å². The van der Waals surface area contributed by atoms with Crippen molar-refractivity contribution in [2.24, 2.45) is 5.41 Å². The van der Waals surface area contributed by atoms with Crippen LogP contribution in [0.1, 0.15) is 54.4 Å². The van der Waals surface area contributed by atoms with Crippen molar-refractivity contribution in [2.75, 3.05) is 45.8 Å². The fraction of sp³-hybridized carbons (Fsp3) is 0.944. The van der Waals surface area contributed by atoms with Gasteiger partial charge in [-0.3, -0.25) is 4.90 Å². The van der Waals surface area contributed by atoms with Gasteiger partial charge in [-0.1, -0.05) is 20.8 Å². The third-order valence-electron chi connectivity index (χ3n) is 3.90. The largest absolute Gasteiger partial charge is 0.444 e. The van der Waals surface area contributed by atoms with Gasteiger partial charge in [-0.25, -0.2) is 4.79 Å². The highest BCUT2D eigenvalue weighted by atomic mass is 16.6. The van der Waals surface area contributed by atoms with Gasteiger partial charge in [0, 0.05) is 26.2 Å². The van der Waals surface area contributed by atoms with E-state index < -0.39 is 5.60 Å². The SMILES string of the molecule is CC(C)(C)CCNCCCN1CCN(C(=O)OC(C)(C)C)CC1. The molecular formula is C18H37N3O2. The molecule has 1 aliphatic heterocycles. The summed E-state index contributed by atoms with van der Waals surface area (Å²) in [6, 6.07) is 0. The number of nitrogens with one attached hydrogen (secondary N) is 1. The molecule has 136 valence electrons. The zero-order valence-electron chi connectivity index (χ0n) is 16.1. The molecule has 1 aliphatic rings. The van der Waals surface area contributed by atoms with Crippen LogP contribution in [0.2, 0.25) is 0 Å². The Morgan fingerprint density at radius 2 is 1.61 bits per heavy atom. The molecular weight excluding hydrogens is 290 g/mol. The minimum atomic E-state index is -0.410. The number of carbonyl (C=O) groups is 1. The molecule has 23 heavy (non-hydrogen) atoms. The fourth-order valence-corrected chi connectivity index (χ4v) is 2.50. The van der Waals surface area contributed by atoms with Crippen molar-refractivity contribution in [3.05, 3.63) is 0 Å². The van der Waals surface area contributed by atoms with E-state index in [2.05, 4.69) is 31.0 Å². The smallest absolute Gasteiger partial charge is 0.410 e. The molecule has 0 unspecified atom stereocenters. The van der Waals surface area contributed by atoms with Crippen LogP contribution in [0.3, 0.4) is 0 Å². The lowest BCUT2D eigenvalue weighted by Gasteiger charge is -2.35. The van der Waals surface area contributed by atoms with Crippen molar-refractivity contribution in [2.45, 2.75) is 60.0 Å². The van der Waals surface area contributed by atoms with Crippen LogP contribution >= 0.6 is 0 Å². The number of hydrogen-bond donors (Lipinski definition) is 1. The first-order valence-corrected chi connectivity index (χ1v) is 8.98. The van der Waals surface area contributed by atoms with Gasteiger partial charge in [-0.2, -0.15) is 0 Å². The predicted octanol–water partition coefficient (Wildman–Crippen LogP) is 2.96. The van der Waals surface area contributed by atoms with Crippen molar-refractivity contribution >= 4 is 6.09 Å². The zero-order chi connectivity index (χ0) is 17.5. The second kappa shape index (κ2) is 8.88. The molecule has 1 fully saturated rings. The van der Waals surface area contributed by atoms with Crippen molar-refractivity contribution < 1.29 is 9.53 Å². The summed E-state index contributed by atoms with van der Waals surface area (Å²) in [5.41, 5.74) is -0.00205. The highest BCUT2D eigenvalue weighted by Crippen LogP contribution is 2.16. The van der Waals surface area contributed by atoms with Gasteiger partial charge < -0.3 is 15.0 Å². The molecule has 0 aromatic carbocycles. The molecule has 0 radical (unpaired) electrons. The molecule has 5 nitrogen and oxygen atoms in total. The predicted molar refractivity (Wildman–Crippen MR) is 95.8 cm³/mol. The zero-order valence-corrected chi connectivity index (χ0v) is 16.1. The van der Waals surface area contributed by atoms with E-state index in [4.69, 9.17) is 4.74 Å². The van der Waals surface area contributed by atoms with Crippen molar-refractivity contribution in [3.63, 3.8) is 0 Å². The number of carbonyl (C=O) groups excluding carboxylic acids is 1. The number of ether oxygens (including phenoxy) is 1. The van der Waals surface area contributed by atoms with Gasteiger partial charge in [0.05, 0.1) is 0 Å². The van der Waals surface area contributed by atoms with E-state index in [-0.39, 0.29) is 6.09 Å². The van der Waals surface area contributed by atoms with E-state index in [1.54, 1.807) is 0 Å². The quantitative estimate of drug-likeness (QED) is 0.762. The highest BCUT2D eigenvalue weighted by molar-refractivity contribution is 5.68. The van der Waals surface area contributed by atoms with Gasteiger partial charge in [0.25, 0.3) is 0 Å². The van der Waals surface area contributed by atoms with E-state index in [0.717, 1.165) is 52.2 Å². The topological polar surface area (TPSA) is 44.8 Å². The Balaban J connectivity index is 2.09. The third kappa shape index (κ3) is 9.82. The van der Waals surface area contributed by atoms with Crippen molar-refractivity contribution in [3.8, 4) is 0 Å². The lowest BCUT2D eigenvalue weighted by Crippen LogP contribution is -2.50. The molecule has 1 rings (SSSR count). The maximum absolute atomic E-state index is 12.0. The van der Waals surface area contributed by atoms with Crippen LogP contribution in [0.4, 0.5) is 4.79 Å². The number of piperazine rings is 1. The molecule has 0 atom stereocenters. The van der Waals surface area contributed by atoms with E-state index in [1.807, 2.05) is 25.7 Å². The van der Waals surface area contributed by atoms with Crippen molar-refractivity contribution in [1.29, 1.82) is 0 Å². The number of hydrogen-bond acceptors (Lipinski definition) is 4. The Kier molecular flexibility index (Phi) is 7.81. The summed E-state index contributed by atoms with van der Waals surface area (Å²) in [5, 5.41) is 3.52. The molecule has 5 heteroatoms. The summed E-state index contributed by atoms with van der Waals surface area (Å²) in [6.45, 7) is 19.3. The lowest BCUT2D eigenvalue weighted by atomic mass is 9.92. The second-order valence-corrected chi connectivity index (χ2v) is 8.72. The third-order valence-corrected chi connectivity index (χ3v) is 3.90. The van der Waals surface area contributed by atoms with Gasteiger partial charge in [0.1, 0.15) is 5.60 Å². The van der Waals surface area contributed by atoms with E-state index in [0.29, 0.717) is 5.41 Å². The monoisotopic (exact) mass is 327 g/mol. The first kappa shape index (κ1) is 20.2. The van der Waals surface area contributed by atoms with Gasteiger partial charge in [-0.05, 0) is 58.7 Å². The molecule has 0 aliphatic carbocycles. The maximum Gasteiger partial charge on any atom is 0.410 e. The molecule has 1 N–H and O–H groups in total. The molecule has 1 saturated heterocycles. The number of amides is 1. The summed E-state index contributed by atoms with van der Waals surface area (Å²) in [6.07, 6.45) is 2.19. The Bertz CT molecular complexity index is 350. The standard InChI is InChI=1S/C18H37N3O2/c1-17(2,3)8-10-19-9-7-11-20-12-14-21(15-13-20)16(22)23-18(4,5)6/h19H,7-15H2,1-6H3. The summed E-state index contributed by atoms with van der Waals surface area (Å²) < 4.78 is 5.42. The average molecular weight is 328 g/mol. The highest BCUT2D eigenvalue weighted by Gasteiger charge is 2.25. The second-order valence-electron chi connectivity index (χ2n) is 8.72. The van der Waals surface area contributed by atoms with E-state index in [1.165, 1.54) is 6.42 Å². The molecule has 0 saturated carbocycles. The van der Waals surface area contributed by atoms with E-state index >= 15 is 0 Å². The Morgan fingerprint density at radius 1 is 1.00 bits per heavy atom. The summed E-state index contributed by atoms with van der Waals surface area (Å²) >= 11 is 0. The molecule has 0 spiro atoms. The summed E-state index contributed by atoms with van der Waals surface area (Å²) in [5.74, 6) is 0. The average Bonchev–Trinajstić information content (AvgIpc) is 2.40. The maximum atomic E-state index is 12.0. The lowest BCUT2D eigenvalue weighted by molar-refractivity contribution is 0.0144. The van der Waals surface area contributed by atoms with Crippen LogP contribution in [-0.2, 0) is 4.74 Å². The van der Waals surface area contributed by atoms with Crippen LogP contribution in [-0.4, -0.2) is 67.3 Å². The van der Waals surface area contributed by atoms with E-state index in [9.17, 15) is 4.79 Å². The van der Waals surface area contributed by atoms with Crippen LogP contribution in [0.25, 0.3) is 0 Å². The van der Waals surface area contributed by atoms with Crippen LogP contribution in [0.15, 0.2) is 0 Å². The number of rotatable bonds is 6. The van der Waals surface area contributed by atoms with Gasteiger partial charge in [0.15, 0.2) is 0 Å². The molecule has 0 bridgehead atoms. The first-order valence-electron chi connectivity index (χ1n) is 8.98. The minimum absolute atomic E-state index is 0.180. The van der Waals surface area contributed by atoms with Crippen molar-refractivity contribution in [1.82, 2.24) is 15.1 Å².